The highest BCUT2D eigenvalue weighted by Gasteiger charge is 2.22. The van der Waals surface area contributed by atoms with E-state index in [2.05, 4.69) is 6.92 Å². The summed E-state index contributed by atoms with van der Waals surface area (Å²) in [5.41, 5.74) is 5.63. The van der Waals surface area contributed by atoms with Crippen molar-refractivity contribution in [1.29, 1.82) is 0 Å². The molecule has 0 aromatic carbocycles. The lowest BCUT2D eigenvalue weighted by Gasteiger charge is -2.28. The number of hydrogen-bond donors (Lipinski definition) is 2. The van der Waals surface area contributed by atoms with Crippen molar-refractivity contribution in [1.82, 2.24) is 0 Å². The van der Waals surface area contributed by atoms with Gasteiger partial charge in [0, 0.05) is 6.04 Å². The zero-order valence-corrected chi connectivity index (χ0v) is 7.10. The number of hydrogen-bond acceptors (Lipinski definition) is 2. The minimum atomic E-state index is -0.145. The van der Waals surface area contributed by atoms with Crippen molar-refractivity contribution in [3.8, 4) is 0 Å². The zero-order valence-electron chi connectivity index (χ0n) is 6.29. The third kappa shape index (κ3) is 2.45. The van der Waals surface area contributed by atoms with E-state index in [0.29, 0.717) is 5.92 Å². The van der Waals surface area contributed by atoms with E-state index in [1.54, 1.807) is 0 Å². The lowest BCUT2D eigenvalue weighted by molar-refractivity contribution is 0.0708. The third-order valence-corrected chi connectivity index (χ3v) is 2.19. The average Bonchev–Trinajstić information content (AvgIpc) is 1.80. The number of nitrogens with two attached hydrogens (primary N) is 1. The van der Waals surface area contributed by atoms with Crippen LogP contribution < -0.4 is 5.73 Å². The molecule has 2 nitrogen and oxygen atoms in total. The Morgan fingerprint density at radius 2 is 2.00 bits per heavy atom. The van der Waals surface area contributed by atoms with Crippen LogP contribution in [-0.4, -0.2) is 17.3 Å². The standard InChI is InChI=1S/C7H15NO.ClH/c1-5-2-3-6(8)4-7(5)9;/h5-7,9H,2-4,8H2,1H3;1H/t5-,6?,7-;/m1./s1. The molecule has 0 bridgehead atoms. The van der Waals surface area contributed by atoms with Gasteiger partial charge in [-0.1, -0.05) is 6.92 Å². The topological polar surface area (TPSA) is 46.2 Å². The van der Waals surface area contributed by atoms with Crippen LogP contribution in [0, 0.1) is 5.92 Å². The molecule has 1 unspecified atom stereocenters. The van der Waals surface area contributed by atoms with Gasteiger partial charge in [0.05, 0.1) is 6.10 Å². The van der Waals surface area contributed by atoms with Crippen LogP contribution in [0.3, 0.4) is 0 Å². The number of aliphatic hydroxyl groups is 1. The number of rotatable bonds is 0. The van der Waals surface area contributed by atoms with E-state index in [0.717, 1.165) is 19.3 Å². The Morgan fingerprint density at radius 3 is 2.40 bits per heavy atom. The minimum Gasteiger partial charge on any atom is -0.393 e. The van der Waals surface area contributed by atoms with Crippen molar-refractivity contribution >= 4 is 12.4 Å². The Labute approximate surface area is 68.2 Å². The molecule has 0 aromatic heterocycles. The summed E-state index contributed by atoms with van der Waals surface area (Å²) in [5.74, 6) is 0.463. The van der Waals surface area contributed by atoms with Crippen LogP contribution in [0.4, 0.5) is 0 Å². The summed E-state index contributed by atoms with van der Waals surface area (Å²) < 4.78 is 0. The summed E-state index contributed by atoms with van der Waals surface area (Å²) in [4.78, 5) is 0. The first-order chi connectivity index (χ1) is 4.20. The summed E-state index contributed by atoms with van der Waals surface area (Å²) >= 11 is 0. The van der Waals surface area contributed by atoms with Gasteiger partial charge in [-0.25, -0.2) is 0 Å². The van der Waals surface area contributed by atoms with E-state index in [1.165, 1.54) is 0 Å². The first-order valence-electron chi connectivity index (χ1n) is 3.64. The van der Waals surface area contributed by atoms with Gasteiger partial charge in [0.1, 0.15) is 0 Å². The molecular formula is C7H16ClNO. The summed E-state index contributed by atoms with van der Waals surface area (Å²) in [6.45, 7) is 2.08. The molecule has 3 heteroatoms. The molecule has 1 rings (SSSR count). The van der Waals surface area contributed by atoms with Gasteiger partial charge in [-0.15, -0.1) is 12.4 Å². The highest BCUT2D eigenvalue weighted by atomic mass is 35.5. The summed E-state index contributed by atoms with van der Waals surface area (Å²) in [6, 6.07) is 0.246. The molecule has 62 valence electrons. The molecule has 3 N–H and O–H groups in total. The molecule has 1 fully saturated rings. The van der Waals surface area contributed by atoms with Crippen molar-refractivity contribution in [3.05, 3.63) is 0 Å². The average molecular weight is 166 g/mol. The predicted molar refractivity (Wildman–Crippen MR) is 44.2 cm³/mol. The normalized spacial score (nSPS) is 40.5. The molecule has 0 spiro atoms. The van der Waals surface area contributed by atoms with Crippen LogP contribution in [0.2, 0.25) is 0 Å². The largest absolute Gasteiger partial charge is 0.393 e. The summed E-state index contributed by atoms with van der Waals surface area (Å²) in [5, 5.41) is 9.27. The fraction of sp³-hybridized carbons (Fsp3) is 1.00. The van der Waals surface area contributed by atoms with E-state index in [-0.39, 0.29) is 24.6 Å². The van der Waals surface area contributed by atoms with Gasteiger partial charge in [0.25, 0.3) is 0 Å². The van der Waals surface area contributed by atoms with E-state index in [9.17, 15) is 5.11 Å². The van der Waals surface area contributed by atoms with E-state index >= 15 is 0 Å². The minimum absolute atomic E-state index is 0. The van der Waals surface area contributed by atoms with Gasteiger partial charge < -0.3 is 10.8 Å². The summed E-state index contributed by atoms with van der Waals surface area (Å²) in [7, 11) is 0. The molecule has 1 saturated carbocycles. The lowest BCUT2D eigenvalue weighted by Crippen LogP contribution is -2.35. The molecule has 1 aliphatic rings. The number of aliphatic hydroxyl groups excluding tert-OH is 1. The van der Waals surface area contributed by atoms with Gasteiger partial charge in [0.15, 0.2) is 0 Å². The second-order valence-electron chi connectivity index (χ2n) is 3.12. The molecule has 0 heterocycles. The Kier molecular flexibility index (Phi) is 4.25. The number of halogens is 1. The molecule has 3 atom stereocenters. The lowest BCUT2D eigenvalue weighted by atomic mass is 9.85. The molecule has 0 aliphatic heterocycles. The Balaban J connectivity index is 0.000000810. The molecule has 10 heavy (non-hydrogen) atoms. The summed E-state index contributed by atoms with van der Waals surface area (Å²) in [6.07, 6.45) is 2.82. The van der Waals surface area contributed by atoms with Crippen LogP contribution in [0.25, 0.3) is 0 Å². The van der Waals surface area contributed by atoms with Gasteiger partial charge in [-0.3, -0.25) is 0 Å². The first kappa shape index (κ1) is 10.2. The van der Waals surface area contributed by atoms with Gasteiger partial charge in [-0.05, 0) is 25.2 Å². The highest BCUT2D eigenvalue weighted by molar-refractivity contribution is 5.85. The Bertz CT molecular complexity index is 99.6. The van der Waals surface area contributed by atoms with Crippen molar-refractivity contribution in [2.45, 2.75) is 38.3 Å². The van der Waals surface area contributed by atoms with Crippen LogP contribution in [0.15, 0.2) is 0 Å². The van der Waals surface area contributed by atoms with Crippen molar-refractivity contribution in [3.63, 3.8) is 0 Å². The van der Waals surface area contributed by atoms with Crippen molar-refractivity contribution in [2.75, 3.05) is 0 Å². The van der Waals surface area contributed by atoms with Crippen LogP contribution >= 0.6 is 12.4 Å². The van der Waals surface area contributed by atoms with Gasteiger partial charge in [0.2, 0.25) is 0 Å². The fourth-order valence-electron chi connectivity index (χ4n) is 1.33. The smallest absolute Gasteiger partial charge is 0.0580 e. The second-order valence-corrected chi connectivity index (χ2v) is 3.12. The monoisotopic (exact) mass is 165 g/mol. The van der Waals surface area contributed by atoms with E-state index in [1.807, 2.05) is 0 Å². The van der Waals surface area contributed by atoms with Gasteiger partial charge >= 0.3 is 0 Å². The van der Waals surface area contributed by atoms with E-state index < -0.39 is 0 Å². The molecule has 0 radical (unpaired) electrons. The van der Waals surface area contributed by atoms with Crippen LogP contribution in [-0.2, 0) is 0 Å². The highest BCUT2D eigenvalue weighted by Crippen LogP contribution is 2.22. The maximum Gasteiger partial charge on any atom is 0.0580 e. The fourth-order valence-corrected chi connectivity index (χ4v) is 1.33. The maximum atomic E-state index is 9.27. The third-order valence-electron chi connectivity index (χ3n) is 2.19. The Hall–Kier alpha value is 0.210. The van der Waals surface area contributed by atoms with Crippen molar-refractivity contribution in [2.24, 2.45) is 11.7 Å². The van der Waals surface area contributed by atoms with E-state index in [4.69, 9.17) is 5.73 Å². The second kappa shape index (κ2) is 4.16. The first-order valence-corrected chi connectivity index (χ1v) is 3.64. The Morgan fingerprint density at radius 1 is 1.40 bits per heavy atom. The zero-order chi connectivity index (χ0) is 6.85. The maximum absolute atomic E-state index is 9.27. The van der Waals surface area contributed by atoms with Gasteiger partial charge in [-0.2, -0.15) is 0 Å². The quantitative estimate of drug-likeness (QED) is 0.561. The van der Waals surface area contributed by atoms with Crippen LogP contribution in [0.5, 0.6) is 0 Å². The SMILES string of the molecule is C[C@@H]1CCC(N)C[C@H]1O.Cl. The molecule has 0 aromatic rings. The molecular weight excluding hydrogens is 150 g/mol. The van der Waals surface area contributed by atoms with Crippen molar-refractivity contribution < 1.29 is 5.11 Å². The molecule has 1 aliphatic carbocycles. The predicted octanol–water partition coefficient (Wildman–Crippen LogP) is 0.916. The van der Waals surface area contributed by atoms with Crippen LogP contribution in [0.1, 0.15) is 26.2 Å². The molecule has 0 amide bonds. The molecule has 0 saturated heterocycles.